The maximum absolute atomic E-state index is 9.40. The van der Waals surface area contributed by atoms with Crippen molar-refractivity contribution in [2.75, 3.05) is 0 Å². The molecule has 0 bridgehead atoms. The van der Waals surface area contributed by atoms with Gasteiger partial charge in [-0.3, -0.25) is 0 Å². The van der Waals surface area contributed by atoms with Gasteiger partial charge in [0, 0.05) is 17.6 Å². The molecule has 0 amide bonds. The molecule has 2 N–H and O–H groups in total. The first-order valence-corrected chi connectivity index (χ1v) is 6.28. The van der Waals surface area contributed by atoms with Crippen molar-refractivity contribution in [1.29, 1.82) is 0 Å². The highest BCUT2D eigenvalue weighted by Gasteiger charge is 2.18. The Labute approximate surface area is 102 Å². The minimum absolute atomic E-state index is 0.0754. The molecule has 0 unspecified atom stereocenters. The van der Waals surface area contributed by atoms with Gasteiger partial charge in [-0.25, -0.2) is 0 Å². The molecule has 1 aromatic rings. The SMILES string of the molecule is OC1CCC(NCc2ccc(Cl)cc2)CC1. The van der Waals surface area contributed by atoms with Crippen molar-refractivity contribution in [3.8, 4) is 0 Å². The monoisotopic (exact) mass is 239 g/mol. The molecule has 16 heavy (non-hydrogen) atoms. The van der Waals surface area contributed by atoms with E-state index in [1.165, 1.54) is 5.56 Å². The minimum Gasteiger partial charge on any atom is -0.393 e. The van der Waals surface area contributed by atoms with Crippen LogP contribution in [0.3, 0.4) is 0 Å². The number of aliphatic hydroxyl groups is 1. The third kappa shape index (κ3) is 3.48. The highest BCUT2D eigenvalue weighted by atomic mass is 35.5. The lowest BCUT2D eigenvalue weighted by Crippen LogP contribution is -2.34. The lowest BCUT2D eigenvalue weighted by molar-refractivity contribution is 0.116. The van der Waals surface area contributed by atoms with Gasteiger partial charge in [-0.15, -0.1) is 0 Å². The summed E-state index contributed by atoms with van der Waals surface area (Å²) in [5, 5.41) is 13.7. The Morgan fingerprint density at radius 2 is 1.75 bits per heavy atom. The van der Waals surface area contributed by atoms with Crippen LogP contribution in [0.1, 0.15) is 31.2 Å². The summed E-state index contributed by atoms with van der Waals surface area (Å²) in [6, 6.07) is 8.49. The lowest BCUT2D eigenvalue weighted by Gasteiger charge is -2.26. The summed E-state index contributed by atoms with van der Waals surface area (Å²) >= 11 is 5.83. The van der Waals surface area contributed by atoms with Crippen LogP contribution < -0.4 is 5.32 Å². The van der Waals surface area contributed by atoms with E-state index in [0.717, 1.165) is 37.3 Å². The summed E-state index contributed by atoms with van der Waals surface area (Å²) in [5.74, 6) is 0. The molecule has 0 aliphatic heterocycles. The molecule has 1 fully saturated rings. The molecular formula is C13H18ClNO. The Balaban J connectivity index is 1.77. The molecule has 1 saturated carbocycles. The molecule has 0 heterocycles. The van der Waals surface area contributed by atoms with Gasteiger partial charge in [0.05, 0.1) is 6.10 Å². The van der Waals surface area contributed by atoms with E-state index in [-0.39, 0.29) is 6.10 Å². The van der Waals surface area contributed by atoms with E-state index in [4.69, 9.17) is 11.6 Å². The average Bonchev–Trinajstić information content (AvgIpc) is 2.30. The lowest BCUT2D eigenvalue weighted by atomic mass is 9.93. The maximum atomic E-state index is 9.40. The minimum atomic E-state index is -0.0754. The quantitative estimate of drug-likeness (QED) is 0.850. The maximum Gasteiger partial charge on any atom is 0.0541 e. The molecule has 0 spiro atoms. The van der Waals surface area contributed by atoms with E-state index in [9.17, 15) is 5.11 Å². The molecule has 88 valence electrons. The number of nitrogens with one attached hydrogen (secondary N) is 1. The molecule has 0 atom stereocenters. The zero-order chi connectivity index (χ0) is 11.4. The normalized spacial score (nSPS) is 25.6. The van der Waals surface area contributed by atoms with Gasteiger partial charge in [0.2, 0.25) is 0 Å². The topological polar surface area (TPSA) is 32.3 Å². The van der Waals surface area contributed by atoms with Gasteiger partial charge in [-0.1, -0.05) is 23.7 Å². The van der Waals surface area contributed by atoms with E-state index in [2.05, 4.69) is 5.32 Å². The highest BCUT2D eigenvalue weighted by molar-refractivity contribution is 6.30. The average molecular weight is 240 g/mol. The van der Waals surface area contributed by atoms with Crippen molar-refractivity contribution in [2.24, 2.45) is 0 Å². The smallest absolute Gasteiger partial charge is 0.0541 e. The summed E-state index contributed by atoms with van der Waals surface area (Å²) in [7, 11) is 0. The molecule has 2 rings (SSSR count). The highest BCUT2D eigenvalue weighted by Crippen LogP contribution is 2.18. The van der Waals surface area contributed by atoms with Gasteiger partial charge in [-0.2, -0.15) is 0 Å². The molecule has 1 aromatic carbocycles. The first kappa shape index (κ1) is 11.9. The number of halogens is 1. The van der Waals surface area contributed by atoms with Crippen LogP contribution in [0, 0.1) is 0 Å². The van der Waals surface area contributed by atoms with E-state index in [1.54, 1.807) is 0 Å². The third-order valence-corrected chi connectivity index (χ3v) is 3.46. The second-order valence-electron chi connectivity index (χ2n) is 4.51. The Kier molecular flexibility index (Phi) is 4.22. The second-order valence-corrected chi connectivity index (χ2v) is 4.95. The van der Waals surface area contributed by atoms with Gasteiger partial charge < -0.3 is 10.4 Å². The van der Waals surface area contributed by atoms with Crippen LogP contribution in [0.5, 0.6) is 0 Å². The summed E-state index contributed by atoms with van der Waals surface area (Å²) in [5.41, 5.74) is 1.26. The number of rotatable bonds is 3. The number of benzene rings is 1. The second kappa shape index (κ2) is 5.67. The van der Waals surface area contributed by atoms with Crippen LogP contribution in [-0.4, -0.2) is 17.3 Å². The fraction of sp³-hybridized carbons (Fsp3) is 0.538. The van der Waals surface area contributed by atoms with Crippen molar-refractivity contribution in [3.63, 3.8) is 0 Å². The third-order valence-electron chi connectivity index (χ3n) is 3.20. The molecule has 1 aliphatic rings. The van der Waals surface area contributed by atoms with Gasteiger partial charge in [0.15, 0.2) is 0 Å². The van der Waals surface area contributed by atoms with Crippen LogP contribution in [0.2, 0.25) is 5.02 Å². The van der Waals surface area contributed by atoms with Crippen molar-refractivity contribution < 1.29 is 5.11 Å². The summed E-state index contributed by atoms with van der Waals surface area (Å²) in [6.07, 6.45) is 3.94. The number of aliphatic hydroxyl groups excluding tert-OH is 1. The largest absolute Gasteiger partial charge is 0.393 e. The van der Waals surface area contributed by atoms with Crippen LogP contribution in [-0.2, 0) is 6.54 Å². The summed E-state index contributed by atoms with van der Waals surface area (Å²) in [4.78, 5) is 0. The Bertz CT molecular complexity index is 317. The number of hydrogen-bond acceptors (Lipinski definition) is 2. The van der Waals surface area contributed by atoms with Crippen molar-refractivity contribution in [1.82, 2.24) is 5.32 Å². The molecule has 0 radical (unpaired) electrons. The summed E-state index contributed by atoms with van der Waals surface area (Å²) in [6.45, 7) is 0.887. The molecule has 2 nitrogen and oxygen atoms in total. The van der Waals surface area contributed by atoms with Crippen molar-refractivity contribution in [3.05, 3.63) is 34.9 Å². The first-order chi connectivity index (χ1) is 7.74. The standard InChI is InChI=1S/C13H18ClNO/c14-11-3-1-10(2-4-11)9-15-12-5-7-13(16)8-6-12/h1-4,12-13,15-16H,5-9H2. The molecule has 0 aromatic heterocycles. The van der Waals surface area contributed by atoms with Gasteiger partial charge in [0.1, 0.15) is 0 Å². The van der Waals surface area contributed by atoms with E-state index in [1.807, 2.05) is 24.3 Å². The van der Waals surface area contributed by atoms with Crippen LogP contribution in [0.4, 0.5) is 0 Å². The first-order valence-electron chi connectivity index (χ1n) is 5.90. The molecule has 1 aliphatic carbocycles. The van der Waals surface area contributed by atoms with E-state index < -0.39 is 0 Å². The Morgan fingerprint density at radius 3 is 2.38 bits per heavy atom. The van der Waals surface area contributed by atoms with Gasteiger partial charge >= 0.3 is 0 Å². The Morgan fingerprint density at radius 1 is 1.12 bits per heavy atom. The summed E-state index contributed by atoms with van der Waals surface area (Å²) < 4.78 is 0. The fourth-order valence-corrected chi connectivity index (χ4v) is 2.27. The van der Waals surface area contributed by atoms with Crippen molar-refractivity contribution in [2.45, 2.75) is 44.4 Å². The van der Waals surface area contributed by atoms with E-state index in [0.29, 0.717) is 6.04 Å². The van der Waals surface area contributed by atoms with Crippen LogP contribution in [0.25, 0.3) is 0 Å². The van der Waals surface area contributed by atoms with E-state index >= 15 is 0 Å². The predicted octanol–water partition coefficient (Wildman–Crippen LogP) is 2.73. The molecule has 0 saturated heterocycles. The zero-order valence-corrected chi connectivity index (χ0v) is 10.1. The van der Waals surface area contributed by atoms with Crippen molar-refractivity contribution >= 4 is 11.6 Å². The van der Waals surface area contributed by atoms with Crippen LogP contribution in [0.15, 0.2) is 24.3 Å². The molecule has 3 heteroatoms. The van der Waals surface area contributed by atoms with Gasteiger partial charge in [0.25, 0.3) is 0 Å². The number of hydrogen-bond donors (Lipinski definition) is 2. The zero-order valence-electron chi connectivity index (χ0n) is 9.32. The van der Waals surface area contributed by atoms with Gasteiger partial charge in [-0.05, 0) is 43.4 Å². The predicted molar refractivity (Wildman–Crippen MR) is 66.6 cm³/mol. The Hall–Kier alpha value is -0.570. The fourth-order valence-electron chi connectivity index (χ4n) is 2.14. The molecular weight excluding hydrogens is 222 g/mol. The van der Waals surface area contributed by atoms with Crippen LogP contribution >= 0.6 is 11.6 Å².